The minimum atomic E-state index is -4.35. The molecule has 4 aromatic carbocycles. The van der Waals surface area contributed by atoms with Gasteiger partial charge in [0.25, 0.3) is 5.91 Å². The van der Waals surface area contributed by atoms with Crippen LogP contribution in [0.1, 0.15) is 24.2 Å². The molecule has 3 atom stereocenters. The van der Waals surface area contributed by atoms with Gasteiger partial charge in [-0.3, -0.25) is 14.7 Å². The van der Waals surface area contributed by atoms with Crippen LogP contribution in [0.25, 0.3) is 0 Å². The van der Waals surface area contributed by atoms with E-state index in [1.807, 2.05) is 78.9 Å². The number of allylic oxidation sites excluding steroid dienone is 1. The van der Waals surface area contributed by atoms with Gasteiger partial charge < -0.3 is 18.5 Å². The molecule has 0 aromatic heterocycles. The summed E-state index contributed by atoms with van der Waals surface area (Å²) in [5.74, 6) is -0.877. The molecular weight excluding hydrogens is 647 g/mol. The number of halogens is 1. The van der Waals surface area contributed by atoms with Gasteiger partial charge in [0, 0.05) is 11.2 Å². The zero-order valence-corrected chi connectivity index (χ0v) is 26.9. The van der Waals surface area contributed by atoms with Crippen molar-refractivity contribution in [3.05, 3.63) is 144 Å². The highest BCUT2D eigenvalue weighted by molar-refractivity contribution is 8.13. The third kappa shape index (κ3) is 6.56. The second-order valence-corrected chi connectivity index (χ2v) is 13.8. The first kappa shape index (κ1) is 31.5. The fourth-order valence-electron chi connectivity index (χ4n) is 5.13. The highest BCUT2D eigenvalue weighted by Gasteiger charge is 2.66. The van der Waals surface area contributed by atoms with Crippen molar-refractivity contribution in [1.82, 2.24) is 4.90 Å². The van der Waals surface area contributed by atoms with E-state index in [9.17, 15) is 14.2 Å². The second-order valence-electron chi connectivity index (χ2n) is 10.4. The van der Waals surface area contributed by atoms with E-state index in [0.29, 0.717) is 16.9 Å². The number of aliphatic imine (C=N–C) groups is 1. The fourth-order valence-corrected chi connectivity index (χ4v) is 7.65. The monoisotopic (exact) mass is 674 g/mol. The Morgan fingerprint density at radius 2 is 1.41 bits per heavy atom. The van der Waals surface area contributed by atoms with Crippen molar-refractivity contribution in [2.24, 2.45) is 4.99 Å². The molecule has 1 saturated heterocycles. The Morgan fingerprint density at radius 3 is 1.98 bits per heavy atom. The molecule has 0 aliphatic carbocycles. The number of β-lactam (4-membered cyclic amide) rings is 1. The maximum atomic E-state index is 14.2. The number of amides is 1. The summed E-state index contributed by atoms with van der Waals surface area (Å²) in [5.41, 5.74) is 1.38. The number of likely N-dealkylation sites (tertiary alicyclic amines) is 1. The molecule has 234 valence electrons. The molecule has 0 N–H and O–H groups in total. The van der Waals surface area contributed by atoms with Crippen molar-refractivity contribution in [2.75, 3.05) is 6.61 Å². The third-order valence-corrected chi connectivity index (χ3v) is 9.73. The summed E-state index contributed by atoms with van der Waals surface area (Å²) in [5, 5.41) is -0.679. The van der Waals surface area contributed by atoms with Crippen LogP contribution in [0.15, 0.2) is 138 Å². The van der Waals surface area contributed by atoms with Crippen LogP contribution in [0, 0.1) is 0 Å². The molecule has 46 heavy (non-hydrogen) atoms. The Bertz CT molecular complexity index is 1770. The lowest BCUT2D eigenvalue weighted by atomic mass is 9.88. The lowest BCUT2D eigenvalue weighted by Gasteiger charge is -2.49. The SMILES string of the molecule is CC(OP(=O)(Cl)Oc1ccccc1)=C(C(=O)OC(c1ccccc1)c1ccccc1)N1C(=O)C2(COc3ccccc3)N=CSC12. The van der Waals surface area contributed by atoms with Crippen LogP contribution in [-0.2, 0) is 23.4 Å². The first-order chi connectivity index (χ1) is 22.3. The lowest BCUT2D eigenvalue weighted by Crippen LogP contribution is -2.72. The van der Waals surface area contributed by atoms with Crippen molar-refractivity contribution in [3.63, 3.8) is 0 Å². The Morgan fingerprint density at radius 1 is 0.891 bits per heavy atom. The number of hydrogen-bond donors (Lipinski definition) is 0. The maximum absolute atomic E-state index is 14.2. The Balaban J connectivity index is 1.34. The number of nitrogens with zero attached hydrogens (tertiary/aromatic N) is 2. The van der Waals surface area contributed by atoms with Crippen molar-refractivity contribution >= 4 is 47.4 Å². The number of benzene rings is 4. The number of para-hydroxylation sites is 2. The highest BCUT2D eigenvalue weighted by Crippen LogP contribution is 2.56. The number of fused-ring (bicyclic) bond motifs is 1. The van der Waals surface area contributed by atoms with E-state index in [1.165, 1.54) is 23.6 Å². The Labute approximate surface area is 275 Å². The predicted octanol–water partition coefficient (Wildman–Crippen LogP) is 7.75. The maximum Gasteiger partial charge on any atom is 0.530 e. The van der Waals surface area contributed by atoms with E-state index in [2.05, 4.69) is 4.99 Å². The molecule has 1 fully saturated rings. The molecule has 2 aliphatic rings. The van der Waals surface area contributed by atoms with Crippen LogP contribution in [-0.4, -0.2) is 39.8 Å². The Kier molecular flexibility index (Phi) is 9.22. The van der Waals surface area contributed by atoms with Crippen LogP contribution >= 0.6 is 30.0 Å². The van der Waals surface area contributed by atoms with Crippen LogP contribution < -0.4 is 9.26 Å². The summed E-state index contributed by atoms with van der Waals surface area (Å²) in [6.07, 6.45) is -0.837. The van der Waals surface area contributed by atoms with Crippen LogP contribution in [0.4, 0.5) is 0 Å². The molecule has 0 bridgehead atoms. The van der Waals surface area contributed by atoms with Gasteiger partial charge in [-0.2, -0.15) is 0 Å². The van der Waals surface area contributed by atoms with Gasteiger partial charge in [-0.05, 0) is 42.3 Å². The number of thioether (sulfide) groups is 1. The largest absolute Gasteiger partial charge is 0.530 e. The van der Waals surface area contributed by atoms with Gasteiger partial charge in [0.05, 0.1) is 5.55 Å². The molecule has 3 unspecified atom stereocenters. The molecule has 12 heteroatoms. The normalized spacial score (nSPS) is 20.2. The summed E-state index contributed by atoms with van der Waals surface area (Å²) in [4.78, 5) is 33.9. The Hall–Kier alpha value is -4.50. The average Bonchev–Trinajstić information content (AvgIpc) is 3.45. The number of rotatable bonds is 12. The highest BCUT2D eigenvalue weighted by atomic mass is 35.7. The quantitative estimate of drug-likeness (QED) is 0.0494. The first-order valence-corrected chi connectivity index (χ1v) is 17.6. The average molecular weight is 675 g/mol. The van der Waals surface area contributed by atoms with Gasteiger partial charge in [-0.25, -0.2) is 9.36 Å². The van der Waals surface area contributed by atoms with Gasteiger partial charge >= 0.3 is 12.9 Å². The summed E-state index contributed by atoms with van der Waals surface area (Å²) in [6.45, 7) is -3.03. The van der Waals surface area contributed by atoms with Gasteiger partial charge in [-0.1, -0.05) is 109 Å². The van der Waals surface area contributed by atoms with Crippen molar-refractivity contribution < 1.29 is 32.7 Å². The van der Waals surface area contributed by atoms with Crippen molar-refractivity contribution in [1.29, 1.82) is 0 Å². The third-order valence-electron chi connectivity index (χ3n) is 7.31. The number of carbonyl (C=O) groups is 2. The van der Waals surface area contributed by atoms with E-state index >= 15 is 0 Å². The number of carbonyl (C=O) groups excluding carboxylic acids is 2. The van der Waals surface area contributed by atoms with Gasteiger partial charge in [0.1, 0.15) is 29.2 Å². The lowest BCUT2D eigenvalue weighted by molar-refractivity contribution is -0.159. The number of esters is 1. The standard InChI is InChI=1S/C34H28ClN2O7PS/c1-24(43-45(35,40)44-28-20-12-5-13-21-28)29(31(38)42-30(25-14-6-2-7-15-25)26-16-8-3-9-17-26)37-32(39)34(33(37)46-23-36-34)22-41-27-18-10-4-11-19-27/h2-21,23,30,33H,22H2,1H3. The molecule has 1 amide bonds. The number of ether oxygens (including phenoxy) is 2. The number of hydrogen-bond acceptors (Lipinski definition) is 9. The van der Waals surface area contributed by atoms with Crippen LogP contribution in [0.5, 0.6) is 11.5 Å². The minimum Gasteiger partial charge on any atom is -0.490 e. The van der Waals surface area contributed by atoms with Gasteiger partial charge in [-0.15, -0.1) is 0 Å². The van der Waals surface area contributed by atoms with Gasteiger partial charge in [0.15, 0.2) is 11.8 Å². The van der Waals surface area contributed by atoms with Crippen LogP contribution in [0.2, 0.25) is 0 Å². The molecule has 2 aliphatic heterocycles. The van der Waals surface area contributed by atoms with Crippen LogP contribution in [0.3, 0.4) is 0 Å². The fraction of sp³-hybridized carbons (Fsp3) is 0.147. The smallest absolute Gasteiger partial charge is 0.490 e. The molecule has 4 aromatic rings. The first-order valence-electron chi connectivity index (χ1n) is 14.2. The van der Waals surface area contributed by atoms with Gasteiger partial charge in [0.2, 0.25) is 5.54 Å². The zero-order chi connectivity index (χ0) is 32.1. The molecule has 9 nitrogen and oxygen atoms in total. The summed E-state index contributed by atoms with van der Waals surface area (Å²) in [7, 11) is 0. The molecule has 0 saturated carbocycles. The topological polar surface area (TPSA) is 104 Å². The van der Waals surface area contributed by atoms with E-state index in [4.69, 9.17) is 29.8 Å². The summed E-state index contributed by atoms with van der Waals surface area (Å²) >= 11 is 7.48. The van der Waals surface area contributed by atoms with E-state index in [-0.39, 0.29) is 23.8 Å². The minimum absolute atomic E-state index is 0.0650. The molecule has 0 radical (unpaired) electrons. The zero-order valence-electron chi connectivity index (χ0n) is 24.5. The van der Waals surface area contributed by atoms with E-state index < -0.39 is 35.8 Å². The van der Waals surface area contributed by atoms with E-state index in [0.717, 1.165) is 0 Å². The summed E-state index contributed by atoms with van der Waals surface area (Å²) in [6, 6.07) is 35.7. The van der Waals surface area contributed by atoms with Crippen molar-refractivity contribution in [3.8, 4) is 11.5 Å². The second kappa shape index (κ2) is 13.5. The molecular formula is C34H28ClN2O7PS. The van der Waals surface area contributed by atoms with E-state index in [1.54, 1.807) is 48.0 Å². The van der Waals surface area contributed by atoms with Crippen molar-refractivity contribution in [2.45, 2.75) is 23.9 Å². The predicted molar refractivity (Wildman–Crippen MR) is 177 cm³/mol. The molecule has 0 spiro atoms. The summed E-state index contributed by atoms with van der Waals surface area (Å²) < 4.78 is 36.5. The molecule has 2 heterocycles. The molecule has 6 rings (SSSR count).